The zero-order chi connectivity index (χ0) is 42.1. The Labute approximate surface area is 339 Å². The highest BCUT2D eigenvalue weighted by molar-refractivity contribution is 5.78. The van der Waals surface area contributed by atoms with Crippen molar-refractivity contribution in [1.82, 2.24) is 39.8 Å². The number of carboxylic acid groups (broad SMARTS) is 3. The fourth-order valence-electron chi connectivity index (χ4n) is 6.32. The summed E-state index contributed by atoms with van der Waals surface area (Å²) in [4.78, 5) is 83.7. The Hall–Kier alpha value is -6.29. The van der Waals surface area contributed by atoms with Gasteiger partial charge in [-0.1, -0.05) is 36.4 Å². The number of carboxylic acids is 3. The average Bonchev–Trinajstić information content (AvgIpc) is 3.19. The van der Waals surface area contributed by atoms with Crippen molar-refractivity contribution >= 4 is 41.4 Å². The van der Waals surface area contributed by atoms with Crippen LogP contribution in [0.25, 0.3) is 0 Å². The molecule has 2 aliphatic heterocycles. The Bertz CT molecular complexity index is 1950. The molecule has 0 radical (unpaired) electrons. The zero-order valence-corrected chi connectivity index (χ0v) is 32.4. The van der Waals surface area contributed by atoms with Gasteiger partial charge >= 0.3 is 29.7 Å². The lowest BCUT2D eigenvalue weighted by Gasteiger charge is -2.32. The Kier molecular flexibility index (Phi) is 16.4. The van der Waals surface area contributed by atoms with Gasteiger partial charge in [-0.3, -0.25) is 43.3 Å². The number of nitrogens with zero attached hydrogens (tertiary/aromatic N) is 6. The first kappa shape index (κ1) is 43.8. The molecule has 0 atom stereocenters. The van der Waals surface area contributed by atoms with Crippen LogP contribution in [-0.2, 0) is 37.1 Å². The van der Waals surface area contributed by atoms with Gasteiger partial charge in [0.25, 0.3) is 0 Å². The molecular weight excluding hydrogens is 774 g/mol. The van der Waals surface area contributed by atoms with Crippen molar-refractivity contribution in [1.29, 1.82) is 0 Å². The molecule has 0 spiro atoms. The Morgan fingerprint density at radius 3 is 1.86 bits per heavy atom. The van der Waals surface area contributed by atoms with E-state index in [9.17, 15) is 44.1 Å². The van der Waals surface area contributed by atoms with E-state index in [1.54, 1.807) is 37.8 Å². The van der Waals surface area contributed by atoms with Gasteiger partial charge < -0.3 is 45.5 Å². The van der Waals surface area contributed by atoms with Gasteiger partial charge in [0.1, 0.15) is 24.7 Å². The van der Waals surface area contributed by atoms with E-state index in [0.29, 0.717) is 17.2 Å². The molecule has 5 rings (SSSR count). The van der Waals surface area contributed by atoms with E-state index < -0.39 is 29.7 Å². The van der Waals surface area contributed by atoms with E-state index in [4.69, 9.17) is 14.2 Å². The van der Waals surface area contributed by atoms with Gasteiger partial charge in [-0.15, -0.1) is 0 Å². The SMILES string of the molecule is O=C(O)CN1CCN(CC(=O)O)CCN(CC(=O)NCCn2cc3c(nc2=O)Nc2c(OCCNC(=O)OCc4ccccc4)cccc2O3)CCN(CC(=O)O)CC1. The van der Waals surface area contributed by atoms with Crippen molar-refractivity contribution in [2.24, 2.45) is 0 Å². The van der Waals surface area contributed by atoms with Crippen molar-refractivity contribution in [2.45, 2.75) is 13.2 Å². The smallest absolute Gasteiger partial charge is 0.407 e. The molecule has 0 saturated carbocycles. The van der Waals surface area contributed by atoms with Gasteiger partial charge in [-0.05, 0) is 17.7 Å². The summed E-state index contributed by atoms with van der Waals surface area (Å²) in [5.74, 6) is -2.24. The maximum atomic E-state index is 13.1. The molecule has 21 nitrogen and oxygen atoms in total. The number of nitrogens with one attached hydrogen (secondary N) is 3. The number of alkyl carbamates (subject to hydrolysis) is 1. The highest BCUT2D eigenvalue weighted by atomic mass is 16.5. The molecular formula is C38H49N9O12. The van der Waals surface area contributed by atoms with Crippen LogP contribution in [0.2, 0.25) is 0 Å². The minimum Gasteiger partial charge on any atom is -0.489 e. The highest BCUT2D eigenvalue weighted by Gasteiger charge is 2.24. The van der Waals surface area contributed by atoms with Crippen molar-refractivity contribution in [3.63, 3.8) is 0 Å². The van der Waals surface area contributed by atoms with E-state index in [0.717, 1.165) is 5.56 Å². The fraction of sp³-hybridized carbons (Fsp3) is 0.447. The van der Waals surface area contributed by atoms with Crippen LogP contribution in [-0.4, -0.2) is 173 Å². The van der Waals surface area contributed by atoms with Crippen LogP contribution in [0.15, 0.2) is 59.5 Å². The fourth-order valence-corrected chi connectivity index (χ4v) is 6.32. The van der Waals surface area contributed by atoms with Gasteiger partial charge in [-0.2, -0.15) is 4.98 Å². The van der Waals surface area contributed by atoms with E-state index in [1.807, 2.05) is 30.3 Å². The molecule has 2 aromatic carbocycles. The van der Waals surface area contributed by atoms with Crippen LogP contribution < -0.4 is 31.1 Å². The molecule has 0 bridgehead atoms. The second-order valence-electron chi connectivity index (χ2n) is 13.8. The third-order valence-electron chi connectivity index (χ3n) is 9.30. The number of rotatable bonds is 17. The predicted octanol–water partition coefficient (Wildman–Crippen LogP) is -0.0106. The van der Waals surface area contributed by atoms with Crippen molar-refractivity contribution in [3.8, 4) is 17.2 Å². The molecule has 318 valence electrons. The summed E-state index contributed by atoms with van der Waals surface area (Å²) in [6.07, 6.45) is 0.895. The number of aliphatic carboxylic acids is 3. The van der Waals surface area contributed by atoms with Gasteiger partial charge in [0.05, 0.1) is 38.9 Å². The summed E-state index contributed by atoms with van der Waals surface area (Å²) >= 11 is 0. The van der Waals surface area contributed by atoms with Gasteiger partial charge in [0, 0.05) is 65.4 Å². The number of anilines is 2. The van der Waals surface area contributed by atoms with Crippen LogP contribution in [0.1, 0.15) is 5.56 Å². The lowest BCUT2D eigenvalue weighted by Crippen LogP contribution is -2.50. The van der Waals surface area contributed by atoms with Crippen LogP contribution in [0.4, 0.5) is 16.3 Å². The Morgan fingerprint density at radius 2 is 1.29 bits per heavy atom. The third kappa shape index (κ3) is 14.6. The Morgan fingerprint density at radius 1 is 0.712 bits per heavy atom. The van der Waals surface area contributed by atoms with E-state index in [2.05, 4.69) is 20.9 Å². The highest BCUT2D eigenvalue weighted by Crippen LogP contribution is 2.44. The topological polar surface area (TPSA) is 258 Å². The number of benzene rings is 2. The lowest BCUT2D eigenvalue weighted by molar-refractivity contribution is -0.140. The average molecular weight is 824 g/mol. The first-order chi connectivity index (χ1) is 28.4. The Balaban J connectivity index is 1.12. The number of carbonyl (C=O) groups is 5. The van der Waals surface area contributed by atoms with E-state index in [-0.39, 0.29) is 129 Å². The second-order valence-corrected chi connectivity index (χ2v) is 13.8. The zero-order valence-electron chi connectivity index (χ0n) is 32.4. The van der Waals surface area contributed by atoms with Crippen LogP contribution in [0.3, 0.4) is 0 Å². The normalized spacial score (nSPS) is 15.5. The summed E-state index contributed by atoms with van der Waals surface area (Å²) in [5.41, 5.74) is 0.708. The minimum atomic E-state index is -1.05. The summed E-state index contributed by atoms with van der Waals surface area (Å²) in [7, 11) is 0. The number of fused-ring (bicyclic) bond motifs is 2. The van der Waals surface area contributed by atoms with E-state index >= 15 is 0 Å². The maximum absolute atomic E-state index is 13.1. The molecule has 6 N–H and O–H groups in total. The largest absolute Gasteiger partial charge is 0.489 e. The summed E-state index contributed by atoms with van der Waals surface area (Å²) < 4.78 is 18.4. The van der Waals surface area contributed by atoms with Crippen molar-refractivity contribution < 1.29 is 53.5 Å². The number of hydrogen-bond acceptors (Lipinski definition) is 15. The number of hydrogen-bond donors (Lipinski definition) is 6. The molecule has 2 amide bonds. The van der Waals surface area contributed by atoms with E-state index in [1.165, 1.54) is 10.8 Å². The van der Waals surface area contributed by atoms with Gasteiger partial charge in [0.15, 0.2) is 17.3 Å². The molecule has 0 unspecified atom stereocenters. The summed E-state index contributed by atoms with van der Waals surface area (Å²) in [5, 5.41) is 36.8. The van der Waals surface area contributed by atoms with Gasteiger partial charge in [0.2, 0.25) is 5.91 Å². The molecule has 59 heavy (non-hydrogen) atoms. The number of para-hydroxylation sites is 1. The van der Waals surface area contributed by atoms with Crippen LogP contribution in [0, 0.1) is 0 Å². The molecule has 21 heteroatoms. The number of carbonyl (C=O) groups excluding carboxylic acids is 2. The predicted molar refractivity (Wildman–Crippen MR) is 210 cm³/mol. The molecule has 1 saturated heterocycles. The monoisotopic (exact) mass is 823 g/mol. The quantitative estimate of drug-likeness (QED) is 0.0766. The van der Waals surface area contributed by atoms with Crippen LogP contribution >= 0.6 is 0 Å². The van der Waals surface area contributed by atoms with Gasteiger partial charge in [-0.25, -0.2) is 9.59 Å². The van der Waals surface area contributed by atoms with Crippen molar-refractivity contribution in [2.75, 3.05) is 104 Å². The molecule has 1 aromatic heterocycles. The summed E-state index contributed by atoms with van der Waals surface area (Å²) in [6, 6.07) is 14.4. The first-order valence-electron chi connectivity index (χ1n) is 19.0. The molecule has 2 aliphatic rings. The first-order valence-corrected chi connectivity index (χ1v) is 19.0. The molecule has 0 aliphatic carbocycles. The standard InChI is InChI=1S/C38H49N9O12/c48-31(22-43-12-14-44(23-32(49)50)16-18-46(25-34(53)54)19-17-45(15-13-43)24-33(51)52)39-9-11-47-21-30-36(42-37(47)55)41-35-28(7-4-8-29(35)59-30)57-20-10-40-38(56)58-26-27-5-2-1-3-6-27/h1-8,21H,9-20,22-26H2,(H,39,48)(H,40,56)(H,49,50)(H,51,52)(H,53,54)(H,41,42,55). The number of amides is 2. The second kappa shape index (κ2) is 22.0. The van der Waals surface area contributed by atoms with Crippen LogP contribution in [0.5, 0.6) is 17.2 Å². The molecule has 1 fully saturated rings. The molecule has 3 aromatic rings. The lowest BCUT2D eigenvalue weighted by atomic mass is 10.2. The third-order valence-corrected chi connectivity index (χ3v) is 9.30. The number of aromatic nitrogens is 2. The maximum Gasteiger partial charge on any atom is 0.407 e. The minimum absolute atomic E-state index is 0.0661. The number of ether oxygens (including phenoxy) is 3. The van der Waals surface area contributed by atoms with Crippen molar-refractivity contribution in [3.05, 3.63) is 70.8 Å². The molecule has 3 heterocycles. The summed E-state index contributed by atoms with van der Waals surface area (Å²) in [6.45, 7) is 1.80.